The Morgan fingerprint density at radius 2 is 2.00 bits per heavy atom. The number of hydrogen-bond acceptors (Lipinski definition) is 5. The number of carbonyl (C=O) groups is 1. The Kier molecular flexibility index (Phi) is 6.16. The molecule has 1 atom stereocenters. The number of likely N-dealkylation sites (tertiary alicyclic amines) is 1. The molecule has 29 heavy (non-hydrogen) atoms. The van der Waals surface area contributed by atoms with E-state index in [9.17, 15) is 13.2 Å². The summed E-state index contributed by atoms with van der Waals surface area (Å²) >= 11 is 0. The number of piperidine rings is 1. The molecule has 3 rings (SSSR count). The maximum Gasteiger partial charge on any atom is 0.345 e. The van der Waals surface area contributed by atoms with Crippen LogP contribution < -0.4 is 9.47 Å². The summed E-state index contributed by atoms with van der Waals surface area (Å²) < 4.78 is 40.9. The van der Waals surface area contributed by atoms with Crippen LogP contribution >= 0.6 is 0 Å². The highest BCUT2D eigenvalue weighted by molar-refractivity contribution is 7.88. The summed E-state index contributed by atoms with van der Waals surface area (Å²) in [4.78, 5) is 15.1. The van der Waals surface area contributed by atoms with Gasteiger partial charge in [0.15, 0.2) is 0 Å². The predicted octanol–water partition coefficient (Wildman–Crippen LogP) is 2.36. The molecule has 0 saturated carbocycles. The zero-order valence-corrected chi connectivity index (χ0v) is 18.0. The number of hydrogen-bond donors (Lipinski definition) is 0. The maximum absolute atomic E-state index is 13.3. The molecule has 1 amide bonds. The standard InChI is InChI=1S/C20H27N3O5S/c1-5-14-8-6-7-11-23(14)20(24)18-13-17(21-29(25,26)22(18)2)16-12-15(27-3)9-10-19(16)28-4/h9-10,12-14H,5-8,11H2,1-4H3/t14-/m1/s1. The smallest absolute Gasteiger partial charge is 0.345 e. The van der Waals surface area contributed by atoms with Crippen molar-refractivity contribution in [2.24, 2.45) is 4.40 Å². The molecule has 0 N–H and O–H groups in total. The highest BCUT2D eigenvalue weighted by Crippen LogP contribution is 2.30. The molecule has 0 radical (unpaired) electrons. The van der Waals surface area contributed by atoms with E-state index in [0.717, 1.165) is 30.0 Å². The van der Waals surface area contributed by atoms with Gasteiger partial charge in [-0.05, 0) is 50.0 Å². The van der Waals surface area contributed by atoms with Gasteiger partial charge < -0.3 is 14.4 Å². The molecule has 0 bridgehead atoms. The lowest BCUT2D eigenvalue weighted by molar-refractivity contribution is -0.131. The van der Waals surface area contributed by atoms with E-state index in [4.69, 9.17) is 9.47 Å². The average Bonchev–Trinajstić information content (AvgIpc) is 2.74. The minimum atomic E-state index is -4.05. The number of rotatable bonds is 5. The summed E-state index contributed by atoms with van der Waals surface area (Å²) in [7, 11) is 0.312. The van der Waals surface area contributed by atoms with E-state index >= 15 is 0 Å². The Morgan fingerprint density at radius 3 is 2.66 bits per heavy atom. The summed E-state index contributed by atoms with van der Waals surface area (Å²) in [5, 5.41) is 0. The second-order valence-electron chi connectivity index (χ2n) is 7.07. The third-order valence-corrected chi connectivity index (χ3v) is 6.75. The van der Waals surface area contributed by atoms with Crippen LogP contribution in [0.25, 0.3) is 0 Å². The second kappa shape index (κ2) is 8.44. The van der Waals surface area contributed by atoms with Gasteiger partial charge >= 0.3 is 10.2 Å². The van der Waals surface area contributed by atoms with Gasteiger partial charge in [-0.1, -0.05) is 6.92 Å². The minimum absolute atomic E-state index is 0.0835. The molecule has 0 unspecified atom stereocenters. The number of ether oxygens (including phenoxy) is 2. The van der Waals surface area contributed by atoms with Crippen molar-refractivity contribution >= 4 is 21.8 Å². The van der Waals surface area contributed by atoms with Gasteiger partial charge in [0.05, 0.1) is 19.9 Å². The van der Waals surface area contributed by atoms with Crippen molar-refractivity contribution in [1.82, 2.24) is 9.21 Å². The van der Waals surface area contributed by atoms with Crippen molar-refractivity contribution in [2.75, 3.05) is 27.8 Å². The van der Waals surface area contributed by atoms with Crippen LogP contribution in [-0.4, -0.2) is 63.1 Å². The molecule has 2 heterocycles. The van der Waals surface area contributed by atoms with Crippen molar-refractivity contribution in [1.29, 1.82) is 0 Å². The van der Waals surface area contributed by atoms with E-state index in [0.29, 0.717) is 23.6 Å². The molecule has 1 saturated heterocycles. The molecular weight excluding hydrogens is 394 g/mol. The highest BCUT2D eigenvalue weighted by atomic mass is 32.2. The van der Waals surface area contributed by atoms with Gasteiger partial charge in [-0.2, -0.15) is 8.42 Å². The van der Waals surface area contributed by atoms with Crippen molar-refractivity contribution in [2.45, 2.75) is 38.6 Å². The van der Waals surface area contributed by atoms with Gasteiger partial charge in [0, 0.05) is 25.2 Å². The lowest BCUT2D eigenvalue weighted by atomic mass is 9.99. The first-order valence-electron chi connectivity index (χ1n) is 9.66. The summed E-state index contributed by atoms with van der Waals surface area (Å²) in [6, 6.07) is 5.14. The molecule has 2 aliphatic heterocycles. The third kappa shape index (κ3) is 4.10. The fourth-order valence-corrected chi connectivity index (χ4v) is 4.64. The average molecular weight is 422 g/mol. The highest BCUT2D eigenvalue weighted by Gasteiger charge is 2.35. The van der Waals surface area contributed by atoms with Crippen molar-refractivity contribution in [3.05, 3.63) is 35.5 Å². The van der Waals surface area contributed by atoms with E-state index in [1.807, 2.05) is 6.92 Å². The van der Waals surface area contributed by atoms with Crippen LogP contribution in [0.1, 0.15) is 38.2 Å². The number of likely N-dealkylation sites (N-methyl/N-ethyl adjacent to an activating group) is 1. The molecule has 1 aromatic rings. The van der Waals surface area contributed by atoms with E-state index in [-0.39, 0.29) is 23.4 Å². The molecule has 8 nitrogen and oxygen atoms in total. The summed E-state index contributed by atoms with van der Waals surface area (Å²) in [6.45, 7) is 2.66. The van der Waals surface area contributed by atoms with E-state index in [1.165, 1.54) is 27.3 Å². The van der Waals surface area contributed by atoms with Crippen LogP contribution in [0.4, 0.5) is 0 Å². The minimum Gasteiger partial charge on any atom is -0.497 e. The molecule has 1 aromatic carbocycles. The summed E-state index contributed by atoms with van der Waals surface area (Å²) in [6.07, 6.45) is 5.26. The quantitative estimate of drug-likeness (QED) is 0.728. The third-order valence-electron chi connectivity index (χ3n) is 5.43. The fourth-order valence-electron chi connectivity index (χ4n) is 3.73. The number of nitrogens with zero attached hydrogens (tertiary/aromatic N) is 3. The van der Waals surface area contributed by atoms with Crippen LogP contribution in [0.3, 0.4) is 0 Å². The summed E-state index contributed by atoms with van der Waals surface area (Å²) in [5.41, 5.74) is 0.673. The van der Waals surface area contributed by atoms with Crippen LogP contribution in [-0.2, 0) is 15.0 Å². The lowest BCUT2D eigenvalue weighted by Crippen LogP contribution is -2.47. The van der Waals surface area contributed by atoms with Crippen molar-refractivity contribution in [3.8, 4) is 11.5 Å². The number of methoxy groups -OCH3 is 2. The second-order valence-corrected chi connectivity index (χ2v) is 8.70. The molecule has 0 aromatic heterocycles. The van der Waals surface area contributed by atoms with Crippen LogP contribution in [0.5, 0.6) is 11.5 Å². The van der Waals surface area contributed by atoms with Gasteiger partial charge in [-0.25, -0.2) is 4.31 Å². The lowest BCUT2D eigenvalue weighted by Gasteiger charge is -2.37. The molecule has 0 aliphatic carbocycles. The number of amides is 1. The topological polar surface area (TPSA) is 88.5 Å². The van der Waals surface area contributed by atoms with Gasteiger partial charge in [-0.15, -0.1) is 4.40 Å². The first-order chi connectivity index (χ1) is 13.8. The molecular formula is C20H27N3O5S. The zero-order chi connectivity index (χ0) is 21.2. The maximum atomic E-state index is 13.3. The zero-order valence-electron chi connectivity index (χ0n) is 17.2. The van der Waals surface area contributed by atoms with Gasteiger partial charge in [0.25, 0.3) is 5.91 Å². The normalized spacial score (nSPS) is 21.3. The molecule has 2 aliphatic rings. The van der Waals surface area contributed by atoms with Gasteiger partial charge in [-0.3, -0.25) is 4.79 Å². The number of allylic oxidation sites excluding steroid dienone is 1. The Hall–Kier alpha value is -2.55. The predicted molar refractivity (Wildman–Crippen MR) is 110 cm³/mol. The van der Waals surface area contributed by atoms with Crippen LogP contribution in [0, 0.1) is 0 Å². The summed E-state index contributed by atoms with van der Waals surface area (Å²) in [5.74, 6) is 0.678. The Labute approximate surface area is 172 Å². The van der Waals surface area contributed by atoms with Crippen LogP contribution in [0.15, 0.2) is 34.4 Å². The molecule has 9 heteroatoms. The Balaban J connectivity index is 2.08. The van der Waals surface area contributed by atoms with Crippen molar-refractivity contribution < 1.29 is 22.7 Å². The van der Waals surface area contributed by atoms with E-state index in [1.54, 1.807) is 23.1 Å². The Morgan fingerprint density at radius 1 is 1.24 bits per heavy atom. The SMILES string of the molecule is CC[C@@H]1CCCCN1C(=O)C1=CC(c2cc(OC)ccc2OC)=NS(=O)(=O)N1C. The largest absolute Gasteiger partial charge is 0.497 e. The van der Waals surface area contributed by atoms with Crippen molar-refractivity contribution in [3.63, 3.8) is 0 Å². The van der Waals surface area contributed by atoms with Gasteiger partial charge in [0.2, 0.25) is 0 Å². The van der Waals surface area contributed by atoms with Gasteiger partial charge in [0.1, 0.15) is 17.2 Å². The first-order valence-corrected chi connectivity index (χ1v) is 11.1. The molecule has 0 spiro atoms. The molecule has 1 fully saturated rings. The van der Waals surface area contributed by atoms with E-state index < -0.39 is 10.2 Å². The monoisotopic (exact) mass is 421 g/mol. The number of carbonyl (C=O) groups excluding carboxylic acids is 1. The van der Waals surface area contributed by atoms with Crippen LogP contribution in [0.2, 0.25) is 0 Å². The Bertz CT molecular complexity index is 955. The first kappa shape index (κ1) is 21.2. The number of benzene rings is 1. The fraction of sp³-hybridized carbons (Fsp3) is 0.500. The van der Waals surface area contributed by atoms with E-state index in [2.05, 4.69) is 4.40 Å². The molecule has 158 valence electrons.